The van der Waals surface area contributed by atoms with Crippen LogP contribution >= 0.6 is 0 Å². The van der Waals surface area contributed by atoms with Crippen molar-refractivity contribution in [2.24, 2.45) is 5.92 Å². The molecular formula is C25H31N5. The van der Waals surface area contributed by atoms with E-state index in [0.29, 0.717) is 5.92 Å². The minimum atomic E-state index is 0.544. The normalized spacial score (nSPS) is 17.4. The van der Waals surface area contributed by atoms with Crippen LogP contribution in [-0.4, -0.2) is 47.0 Å². The third-order valence-corrected chi connectivity index (χ3v) is 6.41. The molecule has 5 nitrogen and oxygen atoms in total. The fourth-order valence-corrected chi connectivity index (χ4v) is 4.49. The molecule has 0 radical (unpaired) electrons. The second-order valence-corrected chi connectivity index (χ2v) is 8.84. The van der Waals surface area contributed by atoms with Gasteiger partial charge in [0.1, 0.15) is 11.3 Å². The zero-order valence-corrected chi connectivity index (χ0v) is 17.8. The summed E-state index contributed by atoms with van der Waals surface area (Å²) in [5.74, 6) is 0.544. The summed E-state index contributed by atoms with van der Waals surface area (Å²) in [6.45, 7) is 13.1. The molecule has 1 atom stereocenters. The van der Waals surface area contributed by atoms with Crippen molar-refractivity contribution in [2.45, 2.75) is 26.3 Å². The lowest BCUT2D eigenvalue weighted by molar-refractivity contribution is 0.220. The summed E-state index contributed by atoms with van der Waals surface area (Å²) in [5.41, 5.74) is 7.06. The molecule has 2 aliphatic rings. The second-order valence-electron chi connectivity index (χ2n) is 8.84. The van der Waals surface area contributed by atoms with E-state index < -0.39 is 0 Å². The van der Waals surface area contributed by atoms with Crippen LogP contribution in [0.3, 0.4) is 0 Å². The number of fused-ring (bicyclic) bond motifs is 2. The first-order valence-electron chi connectivity index (χ1n) is 11.1. The van der Waals surface area contributed by atoms with Crippen molar-refractivity contribution < 1.29 is 0 Å². The number of anilines is 1. The Hall–Kier alpha value is -2.79. The van der Waals surface area contributed by atoms with Gasteiger partial charge in [-0.15, -0.1) is 0 Å². The van der Waals surface area contributed by atoms with Crippen LogP contribution in [0.5, 0.6) is 0 Å². The monoisotopic (exact) mass is 401 g/mol. The molecular weight excluding hydrogens is 370 g/mol. The summed E-state index contributed by atoms with van der Waals surface area (Å²) < 4.78 is 2.12. The second kappa shape index (κ2) is 8.15. The molecule has 3 aromatic rings. The molecule has 4 heterocycles. The zero-order chi connectivity index (χ0) is 20.5. The molecule has 1 aromatic carbocycles. The zero-order valence-electron chi connectivity index (χ0n) is 17.8. The van der Waals surface area contributed by atoms with Crippen molar-refractivity contribution in [3.05, 3.63) is 72.2 Å². The van der Waals surface area contributed by atoms with Gasteiger partial charge in [-0.3, -0.25) is 4.90 Å². The van der Waals surface area contributed by atoms with Crippen molar-refractivity contribution in [2.75, 3.05) is 37.6 Å². The van der Waals surface area contributed by atoms with E-state index in [9.17, 15) is 0 Å². The molecule has 0 spiro atoms. The minimum Gasteiger partial charge on any atom is -0.383 e. The smallest absolute Gasteiger partial charge is 0.137 e. The van der Waals surface area contributed by atoms with E-state index in [1.807, 2.05) is 0 Å². The topological polar surface area (TPSA) is 35.8 Å². The van der Waals surface area contributed by atoms with E-state index in [-0.39, 0.29) is 0 Å². The summed E-state index contributed by atoms with van der Waals surface area (Å²) >= 11 is 0. The number of hydrogen-bond acceptors (Lipinski definition) is 4. The summed E-state index contributed by atoms with van der Waals surface area (Å²) in [5, 5.41) is 3.52. The van der Waals surface area contributed by atoms with Crippen molar-refractivity contribution >= 4 is 17.0 Å². The predicted molar refractivity (Wildman–Crippen MR) is 124 cm³/mol. The average Bonchev–Trinajstić information content (AvgIpc) is 3.14. The van der Waals surface area contributed by atoms with Crippen LogP contribution in [0.25, 0.3) is 11.3 Å². The van der Waals surface area contributed by atoms with E-state index in [1.165, 1.54) is 23.2 Å². The lowest BCUT2D eigenvalue weighted by Crippen LogP contribution is -2.37. The van der Waals surface area contributed by atoms with Crippen LogP contribution in [0.15, 0.2) is 55.4 Å². The molecule has 0 amide bonds. The molecule has 2 aromatic heterocycles. The first kappa shape index (κ1) is 19.2. The molecule has 0 bridgehead atoms. The van der Waals surface area contributed by atoms with E-state index in [2.05, 4.69) is 81.8 Å². The lowest BCUT2D eigenvalue weighted by Gasteiger charge is -2.33. The fraction of sp³-hybridized carbons (Fsp3) is 0.400. The third kappa shape index (κ3) is 3.94. The summed E-state index contributed by atoms with van der Waals surface area (Å²) in [6, 6.07) is 13.1. The Morgan fingerprint density at radius 1 is 1.10 bits per heavy atom. The van der Waals surface area contributed by atoms with Gasteiger partial charge >= 0.3 is 0 Å². The van der Waals surface area contributed by atoms with Gasteiger partial charge in [0.25, 0.3) is 0 Å². The largest absolute Gasteiger partial charge is 0.383 e. The highest BCUT2D eigenvalue weighted by molar-refractivity contribution is 5.62. The van der Waals surface area contributed by atoms with Crippen LogP contribution in [0.4, 0.5) is 5.69 Å². The standard InChI is InChI=1S/C25H31N5/c1-19(15-28-13-10-21-6-3-4-7-22(21)16-28)14-26-20(2)24-18-30-17-23(29-11-5-12-29)8-9-25(30)27-24/h3-4,6-9,17-19,26H,2,5,10-16H2,1H3. The van der Waals surface area contributed by atoms with Gasteiger partial charge in [-0.1, -0.05) is 37.8 Å². The Morgan fingerprint density at radius 2 is 1.93 bits per heavy atom. The van der Waals surface area contributed by atoms with Crippen molar-refractivity contribution in [1.82, 2.24) is 19.6 Å². The van der Waals surface area contributed by atoms with E-state index in [4.69, 9.17) is 4.98 Å². The molecule has 5 rings (SSSR count). The summed E-state index contributed by atoms with van der Waals surface area (Å²) in [6.07, 6.45) is 6.70. The SMILES string of the molecule is C=C(NCC(C)CN1CCc2ccccc2C1)c1cn2cc(N3CCC3)ccc2n1. The Labute approximate surface area is 179 Å². The maximum Gasteiger partial charge on any atom is 0.137 e. The molecule has 1 N–H and O–H groups in total. The van der Waals surface area contributed by atoms with Gasteiger partial charge in [-0.25, -0.2) is 4.98 Å². The van der Waals surface area contributed by atoms with Gasteiger partial charge in [0.05, 0.1) is 11.4 Å². The van der Waals surface area contributed by atoms with Gasteiger partial charge in [-0.2, -0.15) is 0 Å². The average molecular weight is 402 g/mol. The van der Waals surface area contributed by atoms with E-state index >= 15 is 0 Å². The molecule has 156 valence electrons. The highest BCUT2D eigenvalue weighted by Gasteiger charge is 2.18. The molecule has 30 heavy (non-hydrogen) atoms. The Morgan fingerprint density at radius 3 is 2.73 bits per heavy atom. The summed E-state index contributed by atoms with van der Waals surface area (Å²) in [7, 11) is 0. The summed E-state index contributed by atoms with van der Waals surface area (Å²) in [4.78, 5) is 9.71. The van der Waals surface area contributed by atoms with Crippen LogP contribution in [0.2, 0.25) is 0 Å². The Bertz CT molecular complexity index is 1050. The van der Waals surface area contributed by atoms with Crippen LogP contribution in [0, 0.1) is 5.92 Å². The van der Waals surface area contributed by atoms with Crippen LogP contribution in [-0.2, 0) is 13.0 Å². The third-order valence-electron chi connectivity index (χ3n) is 6.41. The van der Waals surface area contributed by atoms with E-state index in [1.54, 1.807) is 0 Å². The van der Waals surface area contributed by atoms with Gasteiger partial charge in [0.15, 0.2) is 0 Å². The van der Waals surface area contributed by atoms with Gasteiger partial charge in [0.2, 0.25) is 0 Å². The number of aromatic nitrogens is 2. The van der Waals surface area contributed by atoms with Gasteiger partial charge < -0.3 is 14.6 Å². The Balaban J connectivity index is 1.16. The number of rotatable bonds is 7. The Kier molecular flexibility index (Phi) is 5.21. The van der Waals surface area contributed by atoms with Crippen molar-refractivity contribution in [1.29, 1.82) is 0 Å². The van der Waals surface area contributed by atoms with E-state index in [0.717, 1.165) is 62.7 Å². The van der Waals surface area contributed by atoms with Crippen LogP contribution in [0.1, 0.15) is 30.2 Å². The molecule has 1 unspecified atom stereocenters. The lowest BCUT2D eigenvalue weighted by atomic mass is 9.99. The number of imidazole rings is 1. The number of pyridine rings is 1. The quantitative estimate of drug-likeness (QED) is 0.653. The highest BCUT2D eigenvalue weighted by atomic mass is 15.2. The van der Waals surface area contributed by atoms with Gasteiger partial charge in [-0.05, 0) is 42.0 Å². The molecule has 0 aliphatic carbocycles. The minimum absolute atomic E-state index is 0.544. The fourth-order valence-electron chi connectivity index (χ4n) is 4.49. The first-order chi connectivity index (χ1) is 14.7. The molecule has 1 fully saturated rings. The van der Waals surface area contributed by atoms with Crippen molar-refractivity contribution in [3.63, 3.8) is 0 Å². The van der Waals surface area contributed by atoms with Gasteiger partial charge in [0, 0.05) is 51.7 Å². The maximum atomic E-state index is 4.75. The molecule has 5 heteroatoms. The first-order valence-corrected chi connectivity index (χ1v) is 11.1. The molecule has 1 saturated heterocycles. The number of nitrogens with one attached hydrogen (secondary N) is 1. The van der Waals surface area contributed by atoms with Crippen molar-refractivity contribution in [3.8, 4) is 0 Å². The van der Waals surface area contributed by atoms with Crippen LogP contribution < -0.4 is 10.2 Å². The number of nitrogens with zero attached hydrogens (tertiary/aromatic N) is 4. The highest BCUT2D eigenvalue weighted by Crippen LogP contribution is 2.22. The number of hydrogen-bond donors (Lipinski definition) is 1. The molecule has 0 saturated carbocycles. The maximum absolute atomic E-state index is 4.75. The number of benzene rings is 1. The molecule has 2 aliphatic heterocycles. The predicted octanol–water partition coefficient (Wildman–Crippen LogP) is 3.80.